The molecule has 6 nitrogen and oxygen atoms in total. The summed E-state index contributed by atoms with van der Waals surface area (Å²) in [6, 6.07) is 3.25. The van der Waals surface area contributed by atoms with Gasteiger partial charge in [0.1, 0.15) is 29.0 Å². The molecule has 0 unspecified atom stereocenters. The van der Waals surface area contributed by atoms with E-state index in [0.717, 1.165) is 23.3 Å². The van der Waals surface area contributed by atoms with E-state index in [1.165, 1.54) is 27.0 Å². The number of carbonyl (C=O) groups is 2. The van der Waals surface area contributed by atoms with Gasteiger partial charge in [0.2, 0.25) is 5.89 Å². The van der Waals surface area contributed by atoms with Crippen LogP contribution in [0.5, 0.6) is 0 Å². The number of benzene rings is 1. The van der Waals surface area contributed by atoms with E-state index < -0.39 is 40.5 Å². The molecule has 0 bridgehead atoms. The zero-order valence-corrected chi connectivity index (χ0v) is 12.6. The molecular formula is C15H14F2N2O4. The summed E-state index contributed by atoms with van der Waals surface area (Å²) in [6.07, 6.45) is 0.929. The Kier molecular flexibility index (Phi) is 4.18. The average molecular weight is 324 g/mol. The largest absolute Gasteiger partial charge is 0.480 e. The van der Waals surface area contributed by atoms with Crippen molar-refractivity contribution in [2.24, 2.45) is 0 Å². The fraction of sp³-hybridized carbons (Fsp3) is 0.267. The lowest BCUT2D eigenvalue weighted by Gasteiger charge is -2.30. The summed E-state index contributed by atoms with van der Waals surface area (Å²) in [5.41, 5.74) is -2.23. The Balaban J connectivity index is 2.36. The first-order valence-electron chi connectivity index (χ1n) is 6.57. The number of likely N-dealkylation sites (N-methyl/N-ethyl adjacent to an activating group) is 1. The van der Waals surface area contributed by atoms with Crippen LogP contribution in [0.4, 0.5) is 8.78 Å². The summed E-state index contributed by atoms with van der Waals surface area (Å²) in [5.74, 6) is -4.12. The van der Waals surface area contributed by atoms with Gasteiger partial charge in [-0.15, -0.1) is 0 Å². The fourth-order valence-corrected chi connectivity index (χ4v) is 1.76. The summed E-state index contributed by atoms with van der Waals surface area (Å²) in [7, 11) is 1.29. The molecule has 1 heterocycles. The highest BCUT2D eigenvalue weighted by atomic mass is 19.1. The van der Waals surface area contributed by atoms with Crippen molar-refractivity contribution in [3.8, 4) is 11.5 Å². The van der Waals surface area contributed by atoms with Gasteiger partial charge in [-0.25, -0.2) is 18.6 Å². The Morgan fingerprint density at radius 2 is 1.83 bits per heavy atom. The standard InChI is InChI=1S/C15H14F2N2O4/c1-15(2,14(21)22)19(3)13(20)10-7-23-12(18-10)11-8(16)5-4-6-9(11)17/h4-7H,1-3H3,(H,21,22). The van der Waals surface area contributed by atoms with Crippen LogP contribution in [0.2, 0.25) is 0 Å². The molecule has 0 spiro atoms. The van der Waals surface area contributed by atoms with Crippen LogP contribution in [-0.4, -0.2) is 39.5 Å². The van der Waals surface area contributed by atoms with Crippen molar-refractivity contribution >= 4 is 11.9 Å². The zero-order chi connectivity index (χ0) is 17.4. The van der Waals surface area contributed by atoms with Crippen LogP contribution in [0.1, 0.15) is 24.3 Å². The molecule has 0 aliphatic carbocycles. The van der Waals surface area contributed by atoms with Crippen molar-refractivity contribution in [3.63, 3.8) is 0 Å². The molecule has 0 radical (unpaired) electrons. The summed E-state index contributed by atoms with van der Waals surface area (Å²) >= 11 is 0. The van der Waals surface area contributed by atoms with Gasteiger partial charge in [-0.3, -0.25) is 4.79 Å². The molecule has 0 saturated carbocycles. The van der Waals surface area contributed by atoms with Gasteiger partial charge in [0.25, 0.3) is 5.91 Å². The van der Waals surface area contributed by atoms with Gasteiger partial charge < -0.3 is 14.4 Å². The monoisotopic (exact) mass is 324 g/mol. The third kappa shape index (κ3) is 2.92. The molecule has 0 saturated heterocycles. The molecule has 8 heteroatoms. The smallest absolute Gasteiger partial charge is 0.329 e. The Hall–Kier alpha value is -2.77. The van der Waals surface area contributed by atoms with Crippen molar-refractivity contribution in [2.75, 3.05) is 7.05 Å². The van der Waals surface area contributed by atoms with Crippen LogP contribution in [0.25, 0.3) is 11.5 Å². The number of aliphatic carboxylic acids is 1. The van der Waals surface area contributed by atoms with E-state index >= 15 is 0 Å². The van der Waals surface area contributed by atoms with E-state index in [2.05, 4.69) is 4.98 Å². The van der Waals surface area contributed by atoms with E-state index in [9.17, 15) is 18.4 Å². The van der Waals surface area contributed by atoms with Crippen LogP contribution in [0, 0.1) is 11.6 Å². The number of oxazole rings is 1. The minimum absolute atomic E-state index is 0.250. The highest BCUT2D eigenvalue weighted by Crippen LogP contribution is 2.26. The number of halogens is 2. The minimum atomic E-state index is -1.49. The van der Waals surface area contributed by atoms with Crippen molar-refractivity contribution in [1.29, 1.82) is 0 Å². The first-order chi connectivity index (χ1) is 10.7. The molecule has 23 heavy (non-hydrogen) atoms. The van der Waals surface area contributed by atoms with Crippen molar-refractivity contribution in [2.45, 2.75) is 19.4 Å². The summed E-state index contributed by atoms with van der Waals surface area (Å²) < 4.78 is 32.3. The molecule has 1 N–H and O–H groups in total. The topological polar surface area (TPSA) is 83.6 Å². The summed E-state index contributed by atoms with van der Waals surface area (Å²) in [4.78, 5) is 28.2. The molecule has 2 aromatic rings. The van der Waals surface area contributed by atoms with Crippen LogP contribution in [0.3, 0.4) is 0 Å². The maximum Gasteiger partial charge on any atom is 0.329 e. The molecule has 122 valence electrons. The van der Waals surface area contributed by atoms with Gasteiger partial charge in [0.15, 0.2) is 5.69 Å². The molecule has 2 rings (SSSR count). The van der Waals surface area contributed by atoms with Gasteiger partial charge in [-0.05, 0) is 26.0 Å². The molecule has 1 aromatic heterocycles. The van der Waals surface area contributed by atoms with E-state index in [0.29, 0.717) is 0 Å². The van der Waals surface area contributed by atoms with Crippen molar-refractivity contribution in [1.82, 2.24) is 9.88 Å². The normalized spacial score (nSPS) is 11.3. The third-order valence-corrected chi connectivity index (χ3v) is 3.57. The zero-order valence-electron chi connectivity index (χ0n) is 12.6. The van der Waals surface area contributed by atoms with Crippen LogP contribution >= 0.6 is 0 Å². The second-order valence-corrected chi connectivity index (χ2v) is 5.36. The Labute approximate surface area is 130 Å². The quantitative estimate of drug-likeness (QED) is 0.934. The lowest BCUT2D eigenvalue weighted by atomic mass is 10.0. The number of rotatable bonds is 4. The van der Waals surface area contributed by atoms with E-state index in [4.69, 9.17) is 9.52 Å². The number of carboxylic acid groups (broad SMARTS) is 1. The number of hydrogen-bond acceptors (Lipinski definition) is 4. The van der Waals surface area contributed by atoms with E-state index in [1.54, 1.807) is 0 Å². The first-order valence-corrected chi connectivity index (χ1v) is 6.57. The van der Waals surface area contributed by atoms with Gasteiger partial charge in [0, 0.05) is 7.05 Å². The maximum absolute atomic E-state index is 13.7. The minimum Gasteiger partial charge on any atom is -0.480 e. The molecule has 0 fully saturated rings. The average Bonchev–Trinajstić information content (AvgIpc) is 2.94. The van der Waals surface area contributed by atoms with Gasteiger partial charge in [-0.1, -0.05) is 6.07 Å². The molecule has 0 atom stereocenters. The second-order valence-electron chi connectivity index (χ2n) is 5.36. The van der Waals surface area contributed by atoms with E-state index in [-0.39, 0.29) is 5.69 Å². The second kappa shape index (κ2) is 5.79. The maximum atomic E-state index is 13.7. The molecule has 0 aliphatic heterocycles. The van der Waals surface area contributed by atoms with Crippen molar-refractivity contribution in [3.05, 3.63) is 41.8 Å². The highest BCUT2D eigenvalue weighted by molar-refractivity contribution is 5.96. The van der Waals surface area contributed by atoms with Gasteiger partial charge in [0.05, 0.1) is 0 Å². The van der Waals surface area contributed by atoms with Crippen LogP contribution < -0.4 is 0 Å². The SMILES string of the molecule is CN(C(=O)c1coc(-c2c(F)cccc2F)n1)C(C)(C)C(=O)O. The lowest BCUT2D eigenvalue weighted by molar-refractivity contribution is -0.147. The lowest BCUT2D eigenvalue weighted by Crippen LogP contribution is -2.50. The third-order valence-electron chi connectivity index (χ3n) is 3.57. The fourth-order valence-electron chi connectivity index (χ4n) is 1.76. The first kappa shape index (κ1) is 16.6. The predicted octanol–water partition coefficient (Wildman–Crippen LogP) is 2.55. The summed E-state index contributed by atoms with van der Waals surface area (Å²) in [5, 5.41) is 9.13. The van der Waals surface area contributed by atoms with Crippen LogP contribution in [-0.2, 0) is 4.79 Å². The van der Waals surface area contributed by atoms with Crippen LogP contribution in [0.15, 0.2) is 28.9 Å². The molecule has 1 aromatic carbocycles. The number of nitrogens with zero attached hydrogens (tertiary/aromatic N) is 2. The van der Waals surface area contributed by atoms with Gasteiger partial charge in [-0.2, -0.15) is 0 Å². The van der Waals surface area contributed by atoms with Crippen molar-refractivity contribution < 1.29 is 27.9 Å². The van der Waals surface area contributed by atoms with E-state index in [1.807, 2.05) is 0 Å². The Bertz CT molecular complexity index is 750. The Morgan fingerprint density at radius 3 is 2.35 bits per heavy atom. The number of carboxylic acids is 1. The molecular weight excluding hydrogens is 310 g/mol. The molecule has 1 amide bonds. The van der Waals surface area contributed by atoms with Gasteiger partial charge >= 0.3 is 5.97 Å². The summed E-state index contributed by atoms with van der Waals surface area (Å²) in [6.45, 7) is 2.68. The number of hydrogen-bond donors (Lipinski definition) is 1. The number of amides is 1. The number of aromatic nitrogens is 1. The Morgan fingerprint density at radius 1 is 1.26 bits per heavy atom. The number of carbonyl (C=O) groups excluding carboxylic acids is 1. The highest BCUT2D eigenvalue weighted by Gasteiger charge is 2.36. The predicted molar refractivity (Wildman–Crippen MR) is 75.7 cm³/mol. The molecule has 0 aliphatic rings.